The van der Waals surface area contributed by atoms with E-state index in [4.69, 9.17) is 0 Å². The largest absolute Gasteiger partial charge is 0.347 e. The number of nitrogens with one attached hydrogen (secondary N) is 6. The van der Waals surface area contributed by atoms with Crippen molar-refractivity contribution >= 4 is 35.4 Å². The number of carbonyl (C=O) groups is 6. The topological polar surface area (TPSA) is 181 Å². The summed E-state index contributed by atoms with van der Waals surface area (Å²) in [6.45, 7) is 6.82. The first-order valence-electron chi connectivity index (χ1n) is 28.7. The fourth-order valence-corrected chi connectivity index (χ4v) is 14.9. The Labute approximate surface area is 434 Å². The maximum absolute atomic E-state index is 14.9. The molecule has 7 aliphatic rings. The zero-order valence-corrected chi connectivity index (χ0v) is 44.5. The van der Waals surface area contributed by atoms with Gasteiger partial charge in [0.15, 0.2) is 0 Å². The molecule has 14 nitrogen and oxygen atoms in total. The summed E-state index contributed by atoms with van der Waals surface area (Å²) in [4.78, 5) is 88.8. The minimum Gasteiger partial charge on any atom is -0.347 e. The van der Waals surface area contributed by atoms with E-state index in [1.165, 1.54) is 16.7 Å². The van der Waals surface area contributed by atoms with Crippen LogP contribution in [0.5, 0.6) is 0 Å². The molecule has 5 fully saturated rings. The van der Waals surface area contributed by atoms with Crippen molar-refractivity contribution in [1.82, 2.24) is 41.7 Å². The summed E-state index contributed by atoms with van der Waals surface area (Å²) in [5, 5.41) is 19.5. The van der Waals surface area contributed by atoms with E-state index in [-0.39, 0.29) is 65.2 Å². The first kappa shape index (κ1) is 53.0. The predicted octanol–water partition coefficient (Wildman–Crippen LogP) is 6.35. The van der Waals surface area contributed by atoms with E-state index in [0.717, 1.165) is 121 Å². The zero-order chi connectivity index (χ0) is 51.4. The molecule has 9 rings (SSSR count). The van der Waals surface area contributed by atoms with Crippen LogP contribution in [-0.2, 0) is 47.1 Å². The smallest absolute Gasteiger partial charge is 0.246 e. The average Bonchev–Trinajstić information content (AvgIpc) is 4.25. The Hall–Kier alpha value is -4.82. The van der Waals surface area contributed by atoms with E-state index in [0.29, 0.717) is 37.8 Å². The Morgan fingerprint density at radius 1 is 0.562 bits per heavy atom. The third kappa shape index (κ3) is 11.1. The van der Waals surface area contributed by atoms with E-state index in [1.807, 2.05) is 0 Å². The van der Waals surface area contributed by atoms with Crippen molar-refractivity contribution < 1.29 is 28.8 Å². The van der Waals surface area contributed by atoms with E-state index in [2.05, 4.69) is 87.4 Å². The quantitative estimate of drug-likeness (QED) is 0.113. The first-order chi connectivity index (χ1) is 35.3. The second-order valence-corrected chi connectivity index (χ2v) is 23.6. The molecular formula is C59H86N8O6. The number of amides is 6. The fourth-order valence-electron chi connectivity index (χ4n) is 14.9. The maximum atomic E-state index is 14.9. The van der Waals surface area contributed by atoms with E-state index in [1.54, 1.807) is 37.7 Å². The molecule has 0 spiro atoms. The van der Waals surface area contributed by atoms with Crippen molar-refractivity contribution in [2.24, 2.45) is 35.5 Å². The Morgan fingerprint density at radius 2 is 1.05 bits per heavy atom. The monoisotopic (exact) mass is 1000 g/mol. The molecule has 0 aromatic heterocycles. The number of rotatable bonds is 16. The number of hydrogen-bond donors (Lipinski definition) is 6. The predicted molar refractivity (Wildman–Crippen MR) is 283 cm³/mol. The van der Waals surface area contributed by atoms with Crippen molar-refractivity contribution in [2.75, 3.05) is 27.2 Å². The molecule has 5 aliphatic carbocycles. The summed E-state index contributed by atoms with van der Waals surface area (Å²) in [7, 11) is 3.49. The third-order valence-corrected chi connectivity index (χ3v) is 19.4. The van der Waals surface area contributed by atoms with Gasteiger partial charge in [-0.25, -0.2) is 0 Å². The van der Waals surface area contributed by atoms with Gasteiger partial charge >= 0.3 is 0 Å². The Morgan fingerprint density at radius 3 is 1.60 bits per heavy atom. The van der Waals surface area contributed by atoms with Crippen LogP contribution in [0.15, 0.2) is 48.5 Å². The van der Waals surface area contributed by atoms with Gasteiger partial charge in [-0.05, 0) is 183 Å². The third-order valence-electron chi connectivity index (χ3n) is 19.4. The van der Waals surface area contributed by atoms with Gasteiger partial charge in [0.2, 0.25) is 35.4 Å². The molecule has 14 heteroatoms. The summed E-state index contributed by atoms with van der Waals surface area (Å²) in [6.07, 6.45) is 18.5. The Kier molecular flexibility index (Phi) is 17.0. The highest BCUT2D eigenvalue weighted by molar-refractivity contribution is 5.95. The molecule has 2 saturated heterocycles. The molecule has 398 valence electrons. The fraction of sp³-hybridized carbons (Fsp3) is 0.695. The summed E-state index contributed by atoms with van der Waals surface area (Å²) < 4.78 is 0. The van der Waals surface area contributed by atoms with E-state index >= 15 is 0 Å². The minimum atomic E-state index is -0.651. The molecular weight excluding hydrogens is 917 g/mol. The highest BCUT2D eigenvalue weighted by Gasteiger charge is 2.52. The van der Waals surface area contributed by atoms with Gasteiger partial charge in [0, 0.05) is 13.1 Å². The minimum absolute atomic E-state index is 0.0496. The molecule has 0 bridgehead atoms. The second-order valence-electron chi connectivity index (χ2n) is 23.6. The normalized spacial score (nSPS) is 30.1. The van der Waals surface area contributed by atoms with Gasteiger partial charge in [0.05, 0.1) is 23.7 Å². The molecule has 10 atom stereocenters. The van der Waals surface area contributed by atoms with Gasteiger partial charge in [-0.3, -0.25) is 28.8 Å². The van der Waals surface area contributed by atoms with Gasteiger partial charge in [0.25, 0.3) is 0 Å². The van der Waals surface area contributed by atoms with Crippen LogP contribution in [0, 0.1) is 35.5 Å². The molecule has 2 aromatic rings. The number of likely N-dealkylation sites (N-methyl/N-ethyl adjacent to an activating group) is 2. The summed E-state index contributed by atoms with van der Waals surface area (Å²) in [5.74, 6) is 0.385. The highest BCUT2D eigenvalue weighted by Crippen LogP contribution is 2.52. The van der Waals surface area contributed by atoms with Crippen LogP contribution in [-0.4, -0.2) is 109 Å². The van der Waals surface area contributed by atoms with Crippen LogP contribution < -0.4 is 31.9 Å². The number of benzene rings is 2. The highest BCUT2D eigenvalue weighted by atomic mass is 16.2. The lowest BCUT2D eigenvalue weighted by molar-refractivity contribution is -0.144. The van der Waals surface area contributed by atoms with Crippen LogP contribution in [0.4, 0.5) is 0 Å². The van der Waals surface area contributed by atoms with Gasteiger partial charge in [-0.1, -0.05) is 87.1 Å². The lowest BCUT2D eigenvalue weighted by atomic mass is 9.66. The second kappa shape index (κ2) is 23.4. The van der Waals surface area contributed by atoms with Gasteiger partial charge in [-0.15, -0.1) is 0 Å². The van der Waals surface area contributed by atoms with Crippen LogP contribution in [0.3, 0.4) is 0 Å². The molecule has 2 aromatic carbocycles. The number of hydrogen-bond acceptors (Lipinski definition) is 8. The summed E-state index contributed by atoms with van der Waals surface area (Å²) in [5.41, 5.74) is 4.25. The van der Waals surface area contributed by atoms with Gasteiger partial charge in [-0.2, -0.15) is 0 Å². The zero-order valence-electron chi connectivity index (χ0n) is 44.5. The molecule has 6 N–H and O–H groups in total. The first-order valence-corrected chi connectivity index (χ1v) is 28.7. The van der Waals surface area contributed by atoms with Crippen molar-refractivity contribution in [1.29, 1.82) is 0 Å². The van der Waals surface area contributed by atoms with Crippen LogP contribution >= 0.6 is 0 Å². The molecule has 3 saturated carbocycles. The SMILES string of the molecule is CN[C@@H](C)C(=O)N[C@H](C(=O)N1CCC[C@H]1C(=O)N[C@H]1c2ccccc2C[C@H]1C1CCC([C@@H]2Cc3ccccc3[C@@]2(C)NC(=O)[C@@H]2CCCN2C(=O)[C@@H](NC(=O)[C@H](C)NC)C2CCCCC2)CC1)C1CCCCC1. The lowest BCUT2D eigenvalue weighted by Crippen LogP contribution is -2.59. The molecule has 0 unspecified atom stereocenters. The van der Waals surface area contributed by atoms with Crippen molar-refractivity contribution in [2.45, 2.75) is 197 Å². The van der Waals surface area contributed by atoms with Crippen LogP contribution in [0.1, 0.15) is 165 Å². The van der Waals surface area contributed by atoms with E-state index < -0.39 is 41.8 Å². The standard InChI is InChI=1S/C59H86N8O6/c1-36(60-4)53(68)62-50(40-18-8-6-9-19-40)57(72)66-32-16-26-48(66)55(70)64-52-44-24-14-12-22-42(44)34-45(52)38-28-30-39(31-29-38)47-35-43-23-13-15-25-46(43)59(47,3)65-56(71)49-27-17-33-67(49)58(73)51(41-20-10-7-11-21-41)63-54(69)37(2)61-5/h12-15,22-25,36-41,45,47-52,60-61H,6-11,16-21,26-35H2,1-5H3,(H,62,68)(H,63,69)(H,64,70)(H,65,71)/t36-,37-,38?,39?,45-,47-,48-,49-,50-,51-,52-,59+/m0/s1. The molecule has 2 aliphatic heterocycles. The van der Waals surface area contributed by atoms with Gasteiger partial charge < -0.3 is 41.7 Å². The van der Waals surface area contributed by atoms with Crippen molar-refractivity contribution in [3.63, 3.8) is 0 Å². The lowest BCUT2D eigenvalue weighted by Gasteiger charge is -2.43. The molecule has 2 heterocycles. The maximum Gasteiger partial charge on any atom is 0.246 e. The number of fused-ring (bicyclic) bond motifs is 2. The molecule has 0 radical (unpaired) electrons. The van der Waals surface area contributed by atoms with Gasteiger partial charge in [0.1, 0.15) is 24.2 Å². The number of nitrogens with zero attached hydrogens (tertiary/aromatic N) is 2. The molecule has 73 heavy (non-hydrogen) atoms. The van der Waals surface area contributed by atoms with Crippen LogP contribution in [0.2, 0.25) is 0 Å². The van der Waals surface area contributed by atoms with Crippen molar-refractivity contribution in [3.8, 4) is 0 Å². The Bertz CT molecular complexity index is 2310. The molecule has 6 amide bonds. The summed E-state index contributed by atoms with van der Waals surface area (Å²) >= 11 is 0. The van der Waals surface area contributed by atoms with Crippen molar-refractivity contribution in [3.05, 3.63) is 70.8 Å². The average molecular weight is 1000 g/mol. The Balaban J connectivity index is 0.881. The van der Waals surface area contributed by atoms with E-state index in [9.17, 15) is 28.8 Å². The number of carbonyl (C=O) groups excluding carboxylic acids is 6. The number of likely N-dealkylation sites (tertiary alicyclic amines) is 2. The summed E-state index contributed by atoms with van der Waals surface area (Å²) in [6, 6.07) is 13.6. The van der Waals surface area contributed by atoms with Crippen LogP contribution in [0.25, 0.3) is 0 Å².